The standard InChI is InChI=1S/C27H38N4O7S/c1-19(2)22-15-23(25(38-18-35-6)16-24(22)37-17-34-5)26-28-29-27(39(32,33)14-8-13-30(3)4)31(26)20-9-11-21(36-7)12-10-20/h9-12,15-16,19H,8,13-14,17-18H2,1-7H3. The molecule has 0 aliphatic heterocycles. The van der Waals surface area contributed by atoms with Crippen molar-refractivity contribution in [3.05, 3.63) is 42.0 Å². The van der Waals surface area contributed by atoms with E-state index in [2.05, 4.69) is 10.2 Å². The Morgan fingerprint density at radius 1 is 0.923 bits per heavy atom. The summed E-state index contributed by atoms with van der Waals surface area (Å²) in [7, 11) is 4.64. The number of hydrogen-bond donors (Lipinski definition) is 0. The molecule has 11 nitrogen and oxygen atoms in total. The van der Waals surface area contributed by atoms with Crippen LogP contribution in [0.3, 0.4) is 0 Å². The molecular weight excluding hydrogens is 524 g/mol. The number of ether oxygens (including phenoxy) is 5. The van der Waals surface area contributed by atoms with Gasteiger partial charge in [0.2, 0.25) is 9.84 Å². The molecule has 0 spiro atoms. The third kappa shape index (κ3) is 7.47. The Balaban J connectivity index is 2.26. The lowest BCUT2D eigenvalue weighted by molar-refractivity contribution is 0.0457. The van der Waals surface area contributed by atoms with Gasteiger partial charge in [-0.1, -0.05) is 13.8 Å². The average molecular weight is 563 g/mol. The van der Waals surface area contributed by atoms with Crippen molar-refractivity contribution < 1.29 is 32.1 Å². The van der Waals surface area contributed by atoms with E-state index in [1.807, 2.05) is 38.9 Å². The van der Waals surface area contributed by atoms with Crippen LogP contribution in [0.2, 0.25) is 0 Å². The zero-order valence-corrected chi connectivity index (χ0v) is 24.4. The summed E-state index contributed by atoms with van der Waals surface area (Å²) in [6.45, 7) is 4.70. The number of sulfone groups is 1. The highest BCUT2D eigenvalue weighted by molar-refractivity contribution is 7.91. The Morgan fingerprint density at radius 3 is 2.13 bits per heavy atom. The normalized spacial score (nSPS) is 11.8. The van der Waals surface area contributed by atoms with Crippen LogP contribution in [0, 0.1) is 0 Å². The van der Waals surface area contributed by atoms with E-state index in [1.165, 1.54) is 7.11 Å². The van der Waals surface area contributed by atoms with E-state index in [4.69, 9.17) is 23.7 Å². The van der Waals surface area contributed by atoms with Crippen molar-refractivity contribution in [1.29, 1.82) is 0 Å². The number of hydrogen-bond acceptors (Lipinski definition) is 10. The van der Waals surface area contributed by atoms with Gasteiger partial charge in [-0.25, -0.2) is 8.42 Å². The van der Waals surface area contributed by atoms with Crippen molar-refractivity contribution in [3.63, 3.8) is 0 Å². The topological polar surface area (TPSA) is 114 Å². The predicted molar refractivity (Wildman–Crippen MR) is 148 cm³/mol. The molecule has 0 radical (unpaired) electrons. The molecule has 0 N–H and O–H groups in total. The summed E-state index contributed by atoms with van der Waals surface area (Å²) in [5.41, 5.74) is 1.97. The second-order valence-corrected chi connectivity index (χ2v) is 11.5. The molecule has 39 heavy (non-hydrogen) atoms. The molecule has 0 aliphatic carbocycles. The van der Waals surface area contributed by atoms with Crippen LogP contribution in [0.5, 0.6) is 17.2 Å². The van der Waals surface area contributed by atoms with Crippen molar-refractivity contribution in [3.8, 4) is 34.3 Å². The molecule has 214 valence electrons. The van der Waals surface area contributed by atoms with E-state index >= 15 is 0 Å². The van der Waals surface area contributed by atoms with Gasteiger partial charge in [-0.3, -0.25) is 4.57 Å². The minimum atomic E-state index is -3.79. The molecule has 0 bridgehead atoms. The van der Waals surface area contributed by atoms with Gasteiger partial charge in [-0.05, 0) is 68.9 Å². The molecule has 0 saturated carbocycles. The molecule has 0 aliphatic rings. The zero-order chi connectivity index (χ0) is 28.6. The highest BCUT2D eigenvalue weighted by Gasteiger charge is 2.29. The number of benzene rings is 2. The van der Waals surface area contributed by atoms with Gasteiger partial charge in [-0.2, -0.15) is 0 Å². The minimum Gasteiger partial charge on any atom is -0.497 e. The number of aromatic nitrogens is 3. The number of methoxy groups -OCH3 is 3. The summed E-state index contributed by atoms with van der Waals surface area (Å²) >= 11 is 0. The lowest BCUT2D eigenvalue weighted by Crippen LogP contribution is -2.19. The Hall–Kier alpha value is -3.19. The smallest absolute Gasteiger partial charge is 0.254 e. The highest BCUT2D eigenvalue weighted by atomic mass is 32.2. The third-order valence-electron chi connectivity index (χ3n) is 5.90. The Bertz CT molecular complexity index is 1320. The minimum absolute atomic E-state index is 0.0376. The molecule has 0 saturated heterocycles. The number of rotatable bonds is 15. The Morgan fingerprint density at radius 2 is 1.56 bits per heavy atom. The molecule has 3 aromatic rings. The van der Waals surface area contributed by atoms with Gasteiger partial charge in [-0.15, -0.1) is 10.2 Å². The van der Waals surface area contributed by atoms with Crippen LogP contribution in [0.1, 0.15) is 31.7 Å². The van der Waals surface area contributed by atoms with E-state index in [9.17, 15) is 8.42 Å². The van der Waals surface area contributed by atoms with E-state index < -0.39 is 9.84 Å². The molecule has 0 amide bonds. The second kappa shape index (κ2) is 13.7. The summed E-state index contributed by atoms with van der Waals surface area (Å²) in [5.74, 6) is 1.90. The highest BCUT2D eigenvalue weighted by Crippen LogP contribution is 2.40. The Labute approximate surface area is 230 Å². The van der Waals surface area contributed by atoms with E-state index in [0.29, 0.717) is 47.3 Å². The maximum absolute atomic E-state index is 13.5. The maximum atomic E-state index is 13.5. The summed E-state index contributed by atoms with van der Waals surface area (Å²) in [6.07, 6.45) is 0.450. The lowest BCUT2D eigenvalue weighted by Gasteiger charge is -2.19. The van der Waals surface area contributed by atoms with Gasteiger partial charge in [0.15, 0.2) is 19.4 Å². The monoisotopic (exact) mass is 562 g/mol. The SMILES string of the molecule is COCOc1cc(OCOC)c(C(C)C)cc1-c1nnc(S(=O)(=O)CCCN(C)C)n1-c1ccc(OC)cc1. The first-order valence-corrected chi connectivity index (χ1v) is 14.2. The van der Waals surface area contributed by atoms with Crippen LogP contribution in [0.25, 0.3) is 17.1 Å². The van der Waals surface area contributed by atoms with Gasteiger partial charge >= 0.3 is 0 Å². The predicted octanol–water partition coefficient (Wildman–Crippen LogP) is 3.76. The van der Waals surface area contributed by atoms with Crippen LogP contribution in [-0.2, 0) is 19.3 Å². The summed E-state index contributed by atoms with van der Waals surface area (Å²) in [4.78, 5) is 1.94. The molecule has 0 unspecified atom stereocenters. The largest absolute Gasteiger partial charge is 0.497 e. The first-order valence-electron chi connectivity index (χ1n) is 12.5. The lowest BCUT2D eigenvalue weighted by atomic mass is 9.98. The molecule has 0 atom stereocenters. The van der Waals surface area contributed by atoms with Gasteiger partial charge in [0, 0.05) is 20.3 Å². The fourth-order valence-electron chi connectivity index (χ4n) is 3.96. The molecule has 0 fully saturated rings. The molecular formula is C27H38N4O7S. The van der Waals surface area contributed by atoms with Crippen LogP contribution in [0.15, 0.2) is 41.6 Å². The second-order valence-electron chi connectivity index (χ2n) is 9.46. The molecule has 1 heterocycles. The fraction of sp³-hybridized carbons (Fsp3) is 0.481. The van der Waals surface area contributed by atoms with Gasteiger partial charge < -0.3 is 28.6 Å². The summed E-state index contributed by atoms with van der Waals surface area (Å²) in [6, 6.07) is 10.7. The van der Waals surface area contributed by atoms with Gasteiger partial charge in [0.25, 0.3) is 5.16 Å². The van der Waals surface area contributed by atoms with E-state index in [1.54, 1.807) is 49.1 Å². The molecule has 12 heteroatoms. The van der Waals surface area contributed by atoms with E-state index in [-0.39, 0.29) is 30.4 Å². The van der Waals surface area contributed by atoms with Crippen LogP contribution < -0.4 is 14.2 Å². The Kier molecular flexibility index (Phi) is 10.7. The first kappa shape index (κ1) is 30.4. The average Bonchev–Trinajstić information content (AvgIpc) is 3.36. The summed E-state index contributed by atoms with van der Waals surface area (Å²) in [5, 5.41) is 8.42. The number of nitrogens with zero attached hydrogens (tertiary/aromatic N) is 4. The van der Waals surface area contributed by atoms with Crippen molar-refractivity contribution >= 4 is 9.84 Å². The van der Waals surface area contributed by atoms with Crippen molar-refractivity contribution in [2.45, 2.75) is 31.3 Å². The van der Waals surface area contributed by atoms with Crippen molar-refractivity contribution in [1.82, 2.24) is 19.7 Å². The van der Waals surface area contributed by atoms with Crippen LogP contribution in [-0.4, -0.2) is 89.4 Å². The zero-order valence-electron chi connectivity index (χ0n) is 23.6. The third-order valence-corrected chi connectivity index (χ3v) is 7.55. The molecule has 2 aromatic carbocycles. The van der Waals surface area contributed by atoms with E-state index in [0.717, 1.165) is 5.56 Å². The van der Waals surface area contributed by atoms with Crippen molar-refractivity contribution in [2.75, 3.05) is 61.3 Å². The molecule has 1 aromatic heterocycles. The van der Waals surface area contributed by atoms with Gasteiger partial charge in [0.1, 0.15) is 17.2 Å². The fourth-order valence-corrected chi connectivity index (χ4v) is 5.29. The van der Waals surface area contributed by atoms with Crippen LogP contribution in [0.4, 0.5) is 0 Å². The van der Waals surface area contributed by atoms with Gasteiger partial charge in [0.05, 0.1) is 24.1 Å². The first-order chi connectivity index (χ1) is 18.6. The maximum Gasteiger partial charge on any atom is 0.254 e. The quantitative estimate of drug-likeness (QED) is 0.254. The van der Waals surface area contributed by atoms with Crippen molar-refractivity contribution in [2.24, 2.45) is 0 Å². The summed E-state index contributed by atoms with van der Waals surface area (Å²) < 4.78 is 55.9. The molecule has 3 rings (SSSR count). The van der Waals surface area contributed by atoms with Crippen LogP contribution >= 0.6 is 0 Å².